The number of hydrogen-bond acceptors (Lipinski definition) is 5. The number of benzene rings is 2. The zero-order valence-electron chi connectivity index (χ0n) is 18.4. The molecule has 0 aliphatic carbocycles. The van der Waals surface area contributed by atoms with Crippen LogP contribution in [0, 0.1) is 6.92 Å². The summed E-state index contributed by atoms with van der Waals surface area (Å²) in [6, 6.07) is 11.3. The number of sulfonamides is 1. The topological polar surface area (TPSA) is 105 Å². The molecule has 32 heavy (non-hydrogen) atoms. The van der Waals surface area contributed by atoms with Crippen molar-refractivity contribution in [2.75, 3.05) is 31.6 Å². The van der Waals surface area contributed by atoms with Crippen LogP contribution < -0.4 is 15.4 Å². The Labute approximate surface area is 189 Å². The van der Waals surface area contributed by atoms with E-state index in [-0.39, 0.29) is 17.4 Å². The van der Waals surface area contributed by atoms with Gasteiger partial charge in [0.1, 0.15) is 5.75 Å². The molecule has 3 rings (SSSR count). The number of aryl methyl sites for hydroxylation is 1. The molecular formula is C23H29N3O5S. The molecule has 9 heteroatoms. The van der Waals surface area contributed by atoms with E-state index in [1.54, 1.807) is 43.3 Å². The third-order valence-electron chi connectivity index (χ3n) is 5.26. The van der Waals surface area contributed by atoms with E-state index in [9.17, 15) is 18.0 Å². The Hall–Kier alpha value is -2.91. The monoisotopic (exact) mass is 459 g/mol. The highest BCUT2D eigenvalue weighted by Gasteiger charge is 2.27. The molecule has 2 amide bonds. The van der Waals surface area contributed by atoms with Crippen LogP contribution in [-0.2, 0) is 14.8 Å². The van der Waals surface area contributed by atoms with Crippen molar-refractivity contribution in [3.8, 4) is 5.75 Å². The zero-order valence-corrected chi connectivity index (χ0v) is 19.2. The molecule has 1 aliphatic heterocycles. The second-order valence-corrected chi connectivity index (χ2v) is 9.60. The Morgan fingerprint density at radius 1 is 1.03 bits per heavy atom. The first-order valence-corrected chi connectivity index (χ1v) is 12.2. The van der Waals surface area contributed by atoms with Crippen LogP contribution in [-0.4, -0.2) is 50.8 Å². The van der Waals surface area contributed by atoms with Gasteiger partial charge >= 0.3 is 0 Å². The summed E-state index contributed by atoms with van der Waals surface area (Å²) < 4.78 is 32.8. The summed E-state index contributed by atoms with van der Waals surface area (Å²) in [5.41, 5.74) is 1.52. The fourth-order valence-electron chi connectivity index (χ4n) is 3.49. The molecule has 2 aromatic rings. The number of rotatable bonds is 8. The lowest BCUT2D eigenvalue weighted by Crippen LogP contribution is -2.35. The normalized spacial score (nSPS) is 14.6. The minimum Gasteiger partial charge on any atom is -0.484 e. The summed E-state index contributed by atoms with van der Waals surface area (Å²) in [5.74, 6) is -0.103. The van der Waals surface area contributed by atoms with Crippen molar-refractivity contribution in [2.24, 2.45) is 0 Å². The number of nitrogens with one attached hydrogen (secondary N) is 2. The zero-order chi connectivity index (χ0) is 23.1. The summed E-state index contributed by atoms with van der Waals surface area (Å²) in [5, 5.41) is 5.43. The van der Waals surface area contributed by atoms with Gasteiger partial charge in [-0.05, 0) is 68.7 Å². The predicted octanol–water partition coefficient (Wildman–Crippen LogP) is 2.94. The average molecular weight is 460 g/mol. The van der Waals surface area contributed by atoms with Crippen molar-refractivity contribution in [2.45, 2.75) is 38.0 Å². The number of ether oxygens (including phenoxy) is 1. The highest BCUT2D eigenvalue weighted by Crippen LogP contribution is 2.24. The number of likely N-dealkylation sites (N-methyl/N-ethyl adjacent to an activating group) is 1. The SMILES string of the molecule is CCNC(=O)COc1ccc(NC(=O)c2cc(S(=O)(=O)N3CCCCC3)ccc2C)cc1. The van der Waals surface area contributed by atoms with E-state index in [2.05, 4.69) is 10.6 Å². The van der Waals surface area contributed by atoms with Crippen LogP contribution in [0.25, 0.3) is 0 Å². The van der Waals surface area contributed by atoms with E-state index < -0.39 is 15.9 Å². The standard InChI is InChI=1S/C23H29N3O5S/c1-3-24-22(27)16-31-19-10-8-18(9-11-19)25-23(28)21-15-20(12-7-17(21)2)32(29,30)26-13-5-4-6-14-26/h7-12,15H,3-6,13-14,16H2,1-2H3,(H,24,27)(H,25,28). The molecule has 2 aromatic carbocycles. The molecule has 0 radical (unpaired) electrons. The molecule has 1 aliphatic rings. The van der Waals surface area contributed by atoms with Crippen molar-refractivity contribution in [1.29, 1.82) is 0 Å². The lowest BCUT2D eigenvalue weighted by atomic mass is 10.1. The molecule has 2 N–H and O–H groups in total. The maximum Gasteiger partial charge on any atom is 0.257 e. The molecule has 0 saturated carbocycles. The van der Waals surface area contributed by atoms with Crippen molar-refractivity contribution in [3.05, 3.63) is 53.6 Å². The first kappa shape index (κ1) is 23.7. The minimum atomic E-state index is -3.63. The van der Waals surface area contributed by atoms with Gasteiger partial charge in [0.2, 0.25) is 10.0 Å². The Morgan fingerprint density at radius 3 is 2.38 bits per heavy atom. The molecule has 8 nitrogen and oxygen atoms in total. The Balaban J connectivity index is 1.70. The van der Waals surface area contributed by atoms with E-state index in [0.717, 1.165) is 19.3 Å². The van der Waals surface area contributed by atoms with E-state index in [1.165, 1.54) is 10.4 Å². The fourth-order valence-corrected chi connectivity index (χ4v) is 5.03. The van der Waals surface area contributed by atoms with Crippen LogP contribution in [0.1, 0.15) is 42.1 Å². The Kier molecular flexibility index (Phi) is 7.87. The number of amides is 2. The van der Waals surface area contributed by atoms with E-state index in [0.29, 0.717) is 42.2 Å². The lowest BCUT2D eigenvalue weighted by molar-refractivity contribution is -0.122. The molecule has 0 bridgehead atoms. The highest BCUT2D eigenvalue weighted by atomic mass is 32.2. The van der Waals surface area contributed by atoms with Crippen molar-refractivity contribution >= 4 is 27.5 Å². The van der Waals surface area contributed by atoms with Gasteiger partial charge in [0.05, 0.1) is 4.90 Å². The average Bonchev–Trinajstić information content (AvgIpc) is 2.79. The lowest BCUT2D eigenvalue weighted by Gasteiger charge is -2.26. The molecule has 172 valence electrons. The Morgan fingerprint density at radius 2 is 1.72 bits per heavy atom. The van der Waals surface area contributed by atoms with Gasteiger partial charge in [-0.15, -0.1) is 0 Å². The maximum absolute atomic E-state index is 13.0. The van der Waals surface area contributed by atoms with E-state index >= 15 is 0 Å². The Bertz CT molecular complexity index is 1060. The predicted molar refractivity (Wildman–Crippen MR) is 122 cm³/mol. The number of carbonyl (C=O) groups excluding carboxylic acids is 2. The number of carbonyl (C=O) groups is 2. The van der Waals surface area contributed by atoms with E-state index in [1.807, 2.05) is 6.92 Å². The van der Waals surface area contributed by atoms with Crippen molar-refractivity contribution in [3.63, 3.8) is 0 Å². The summed E-state index contributed by atoms with van der Waals surface area (Å²) in [4.78, 5) is 24.5. The summed E-state index contributed by atoms with van der Waals surface area (Å²) in [7, 11) is -3.63. The van der Waals surface area contributed by atoms with Crippen molar-refractivity contribution in [1.82, 2.24) is 9.62 Å². The first-order chi connectivity index (χ1) is 15.3. The van der Waals surface area contributed by atoms with Crippen LogP contribution in [0.5, 0.6) is 5.75 Å². The number of hydrogen-bond donors (Lipinski definition) is 2. The van der Waals surface area contributed by atoms with Crippen LogP contribution in [0.2, 0.25) is 0 Å². The van der Waals surface area contributed by atoms with Gasteiger partial charge in [0.15, 0.2) is 6.61 Å². The molecule has 0 atom stereocenters. The van der Waals surface area contributed by atoms with Gasteiger partial charge in [-0.25, -0.2) is 8.42 Å². The van der Waals surface area contributed by atoms with Crippen LogP contribution in [0.3, 0.4) is 0 Å². The molecular weight excluding hydrogens is 430 g/mol. The maximum atomic E-state index is 13.0. The first-order valence-electron chi connectivity index (χ1n) is 10.7. The molecule has 1 fully saturated rings. The van der Waals surface area contributed by atoms with E-state index in [4.69, 9.17) is 4.74 Å². The molecule has 1 saturated heterocycles. The number of anilines is 1. The second-order valence-electron chi connectivity index (χ2n) is 7.66. The third-order valence-corrected chi connectivity index (χ3v) is 7.16. The van der Waals surface area contributed by atoms with Gasteiger partial charge in [-0.1, -0.05) is 12.5 Å². The van der Waals surface area contributed by atoms with Crippen LogP contribution in [0.15, 0.2) is 47.4 Å². The molecule has 0 aromatic heterocycles. The molecule has 0 unspecified atom stereocenters. The fraction of sp³-hybridized carbons (Fsp3) is 0.391. The number of piperidine rings is 1. The van der Waals surface area contributed by atoms with Gasteiger partial charge in [-0.3, -0.25) is 9.59 Å². The van der Waals surface area contributed by atoms with Gasteiger partial charge in [0.25, 0.3) is 11.8 Å². The second kappa shape index (κ2) is 10.6. The smallest absolute Gasteiger partial charge is 0.257 e. The highest BCUT2D eigenvalue weighted by molar-refractivity contribution is 7.89. The van der Waals surface area contributed by atoms with Gasteiger partial charge in [0, 0.05) is 30.9 Å². The minimum absolute atomic E-state index is 0.0863. The summed E-state index contributed by atoms with van der Waals surface area (Å²) in [6.45, 7) is 5.06. The van der Waals surface area contributed by atoms with Gasteiger partial charge in [-0.2, -0.15) is 4.31 Å². The van der Waals surface area contributed by atoms with Crippen LogP contribution in [0.4, 0.5) is 5.69 Å². The van der Waals surface area contributed by atoms with Crippen molar-refractivity contribution < 1.29 is 22.7 Å². The molecule has 1 heterocycles. The molecule has 0 spiro atoms. The summed E-state index contributed by atoms with van der Waals surface area (Å²) in [6.07, 6.45) is 2.73. The quantitative estimate of drug-likeness (QED) is 0.632. The van der Waals surface area contributed by atoms with Gasteiger partial charge < -0.3 is 15.4 Å². The van der Waals surface area contributed by atoms with Crippen LogP contribution >= 0.6 is 0 Å². The summed E-state index contributed by atoms with van der Waals surface area (Å²) >= 11 is 0. The number of nitrogens with zero attached hydrogens (tertiary/aromatic N) is 1. The third kappa shape index (κ3) is 5.86. The largest absolute Gasteiger partial charge is 0.484 e.